The van der Waals surface area contributed by atoms with Crippen molar-refractivity contribution in [1.82, 2.24) is 5.32 Å². The molecular weight excluding hydrogens is 429 g/mol. The number of nitrogens with one attached hydrogen (secondary N) is 1. The topological polar surface area (TPSA) is 68.9 Å². The molecule has 1 aromatic rings. The van der Waals surface area contributed by atoms with Crippen LogP contribution < -0.4 is 20.5 Å². The average molecular weight is 459 g/mol. The van der Waals surface area contributed by atoms with Gasteiger partial charge < -0.3 is 20.5 Å². The largest absolute Gasteiger partial charge is 0.493 e. The first-order valence-electron chi connectivity index (χ1n) is 8.96. The number of rotatable bonds is 6. The first-order chi connectivity index (χ1) is 11.7. The average Bonchev–Trinajstić information content (AvgIpc) is 3.44. The van der Waals surface area contributed by atoms with Gasteiger partial charge in [-0.1, -0.05) is 25.3 Å². The number of guanidine groups is 1. The molecule has 5 nitrogen and oxygen atoms in total. The van der Waals surface area contributed by atoms with Crippen LogP contribution in [0.1, 0.15) is 50.5 Å². The molecule has 0 spiro atoms. The molecule has 0 saturated heterocycles. The molecule has 0 aromatic heterocycles. The Morgan fingerprint density at radius 3 is 2.44 bits per heavy atom. The van der Waals surface area contributed by atoms with E-state index in [2.05, 4.69) is 22.4 Å². The number of halogens is 1. The smallest absolute Gasteiger partial charge is 0.188 e. The van der Waals surface area contributed by atoms with Crippen LogP contribution in [0.15, 0.2) is 23.2 Å². The van der Waals surface area contributed by atoms with Crippen LogP contribution in [-0.2, 0) is 5.41 Å². The number of ether oxygens (including phenoxy) is 2. The first kappa shape index (κ1) is 20.1. The van der Waals surface area contributed by atoms with E-state index in [9.17, 15) is 0 Å². The lowest BCUT2D eigenvalue weighted by atomic mass is 9.69. The number of hydrogen-bond acceptors (Lipinski definition) is 3. The highest BCUT2D eigenvalue weighted by atomic mass is 127. The van der Waals surface area contributed by atoms with Crippen molar-refractivity contribution in [3.63, 3.8) is 0 Å². The Kier molecular flexibility index (Phi) is 7.22. The fourth-order valence-corrected chi connectivity index (χ4v) is 3.65. The summed E-state index contributed by atoms with van der Waals surface area (Å²) >= 11 is 0. The van der Waals surface area contributed by atoms with Crippen LogP contribution in [-0.4, -0.2) is 32.8 Å². The van der Waals surface area contributed by atoms with E-state index in [4.69, 9.17) is 15.2 Å². The van der Waals surface area contributed by atoms with Gasteiger partial charge in [-0.25, -0.2) is 0 Å². The number of benzene rings is 1. The second-order valence-electron chi connectivity index (χ2n) is 7.03. The highest BCUT2D eigenvalue weighted by Crippen LogP contribution is 2.42. The van der Waals surface area contributed by atoms with Gasteiger partial charge in [0.1, 0.15) is 0 Å². The molecule has 0 bridgehead atoms. The van der Waals surface area contributed by atoms with E-state index in [1.807, 2.05) is 6.07 Å². The number of aliphatic imine (C=N–C) groups is 1. The summed E-state index contributed by atoms with van der Waals surface area (Å²) in [6, 6.07) is 6.81. The monoisotopic (exact) mass is 459 g/mol. The summed E-state index contributed by atoms with van der Waals surface area (Å²) in [5.74, 6) is 2.14. The van der Waals surface area contributed by atoms with Crippen molar-refractivity contribution in [2.75, 3.05) is 20.8 Å². The third-order valence-corrected chi connectivity index (χ3v) is 5.29. The normalized spacial score (nSPS) is 19.7. The summed E-state index contributed by atoms with van der Waals surface area (Å²) < 4.78 is 10.9. The molecule has 2 aliphatic carbocycles. The van der Waals surface area contributed by atoms with Gasteiger partial charge in [-0.3, -0.25) is 4.99 Å². The van der Waals surface area contributed by atoms with Crippen LogP contribution in [0.2, 0.25) is 0 Å². The van der Waals surface area contributed by atoms with Crippen LogP contribution in [0.4, 0.5) is 0 Å². The lowest BCUT2D eigenvalue weighted by molar-refractivity contribution is 0.298. The van der Waals surface area contributed by atoms with Gasteiger partial charge in [0.05, 0.1) is 20.8 Å². The van der Waals surface area contributed by atoms with Crippen LogP contribution in [0.3, 0.4) is 0 Å². The molecular formula is C19H30IN3O2. The second kappa shape index (κ2) is 8.96. The zero-order chi connectivity index (χ0) is 17.0. The van der Waals surface area contributed by atoms with Crippen molar-refractivity contribution in [1.29, 1.82) is 0 Å². The highest BCUT2D eigenvalue weighted by Gasteiger charge is 2.34. The number of nitrogens with zero attached hydrogens (tertiary/aromatic N) is 1. The van der Waals surface area contributed by atoms with Crippen molar-refractivity contribution < 1.29 is 9.47 Å². The molecule has 1 aromatic carbocycles. The summed E-state index contributed by atoms with van der Waals surface area (Å²) in [5.41, 5.74) is 7.39. The Labute approximate surface area is 167 Å². The third-order valence-electron chi connectivity index (χ3n) is 5.29. The maximum Gasteiger partial charge on any atom is 0.188 e. The van der Waals surface area contributed by atoms with Gasteiger partial charge >= 0.3 is 0 Å². The van der Waals surface area contributed by atoms with Crippen molar-refractivity contribution in [3.05, 3.63) is 23.8 Å². The van der Waals surface area contributed by atoms with Crippen molar-refractivity contribution >= 4 is 29.9 Å². The lowest BCUT2D eigenvalue weighted by Gasteiger charge is -2.37. The van der Waals surface area contributed by atoms with Crippen LogP contribution in [0.5, 0.6) is 11.5 Å². The van der Waals surface area contributed by atoms with E-state index in [-0.39, 0.29) is 29.4 Å². The van der Waals surface area contributed by atoms with Gasteiger partial charge in [0.25, 0.3) is 0 Å². The minimum Gasteiger partial charge on any atom is -0.493 e. The SMILES string of the molecule is COc1ccc(C2(CN=C(N)NC3CC3)CCCCC2)cc1OC.I. The summed E-state index contributed by atoms with van der Waals surface area (Å²) in [6.45, 7) is 0.730. The Morgan fingerprint density at radius 1 is 1.16 bits per heavy atom. The molecule has 6 heteroatoms. The maximum atomic E-state index is 6.06. The van der Waals surface area contributed by atoms with E-state index in [0.717, 1.165) is 30.9 Å². The third kappa shape index (κ3) is 4.92. The quantitative estimate of drug-likeness (QED) is 0.388. The lowest BCUT2D eigenvalue weighted by Crippen LogP contribution is -2.37. The van der Waals surface area contributed by atoms with Crippen LogP contribution in [0.25, 0.3) is 0 Å². The van der Waals surface area contributed by atoms with Crippen LogP contribution >= 0.6 is 24.0 Å². The molecule has 2 fully saturated rings. The second-order valence-corrected chi connectivity index (χ2v) is 7.03. The molecule has 3 rings (SSSR count). The molecule has 2 aliphatic rings. The molecule has 0 atom stereocenters. The Morgan fingerprint density at radius 2 is 1.84 bits per heavy atom. The minimum atomic E-state index is 0. The van der Waals surface area contributed by atoms with Gasteiger partial charge in [0.2, 0.25) is 0 Å². The fraction of sp³-hybridized carbons (Fsp3) is 0.632. The predicted octanol–water partition coefficient (Wildman–Crippen LogP) is 3.59. The molecule has 3 N–H and O–H groups in total. The minimum absolute atomic E-state index is 0. The van der Waals surface area contributed by atoms with Gasteiger partial charge in [-0.2, -0.15) is 0 Å². The summed E-state index contributed by atoms with van der Waals surface area (Å²) in [5, 5.41) is 3.29. The molecule has 0 heterocycles. The molecule has 140 valence electrons. The van der Waals surface area contributed by atoms with Crippen LogP contribution in [0, 0.1) is 0 Å². The van der Waals surface area contributed by atoms with Crippen molar-refractivity contribution in [3.8, 4) is 11.5 Å². The molecule has 0 unspecified atom stereocenters. The molecule has 0 radical (unpaired) electrons. The Balaban J connectivity index is 0.00000225. The van der Waals surface area contributed by atoms with Gasteiger partial charge in [-0.05, 0) is 43.4 Å². The molecule has 25 heavy (non-hydrogen) atoms. The van der Waals surface area contributed by atoms with Gasteiger partial charge in [-0.15, -0.1) is 24.0 Å². The standard InChI is InChI=1S/C19H29N3O2.HI/c1-23-16-9-6-14(12-17(16)24-2)19(10-4-3-5-11-19)13-21-18(20)22-15-7-8-15;/h6,9,12,15H,3-5,7-8,10-11,13H2,1-2H3,(H3,20,21,22);1H. The highest BCUT2D eigenvalue weighted by molar-refractivity contribution is 14.0. The summed E-state index contributed by atoms with van der Waals surface area (Å²) in [6.07, 6.45) is 8.47. The van der Waals surface area contributed by atoms with Crippen molar-refractivity contribution in [2.24, 2.45) is 10.7 Å². The zero-order valence-electron chi connectivity index (χ0n) is 15.2. The predicted molar refractivity (Wildman–Crippen MR) is 112 cm³/mol. The number of methoxy groups -OCH3 is 2. The number of hydrogen-bond donors (Lipinski definition) is 2. The summed E-state index contributed by atoms with van der Waals surface area (Å²) in [7, 11) is 3.35. The zero-order valence-corrected chi connectivity index (χ0v) is 17.5. The first-order valence-corrected chi connectivity index (χ1v) is 8.96. The Hall–Kier alpha value is -1.18. The molecule has 0 aliphatic heterocycles. The van der Waals surface area contributed by atoms with Gasteiger partial charge in [0.15, 0.2) is 17.5 Å². The van der Waals surface area contributed by atoms with E-state index in [1.54, 1.807) is 14.2 Å². The number of nitrogens with two attached hydrogens (primary N) is 1. The fourth-order valence-electron chi connectivity index (χ4n) is 3.65. The van der Waals surface area contributed by atoms with E-state index < -0.39 is 0 Å². The van der Waals surface area contributed by atoms with E-state index in [1.165, 1.54) is 37.7 Å². The van der Waals surface area contributed by atoms with Crippen molar-refractivity contribution in [2.45, 2.75) is 56.4 Å². The van der Waals surface area contributed by atoms with E-state index in [0.29, 0.717) is 12.0 Å². The molecule has 2 saturated carbocycles. The van der Waals surface area contributed by atoms with E-state index >= 15 is 0 Å². The molecule has 0 amide bonds. The summed E-state index contributed by atoms with van der Waals surface area (Å²) in [4.78, 5) is 4.69. The van der Waals surface area contributed by atoms with Gasteiger partial charge in [0, 0.05) is 11.5 Å². The Bertz CT molecular complexity index is 596. The maximum absolute atomic E-state index is 6.06.